The molecule has 1 aliphatic heterocycles. The molecule has 1 saturated heterocycles. The lowest BCUT2D eigenvalue weighted by Crippen LogP contribution is -2.41. The van der Waals surface area contributed by atoms with Gasteiger partial charge in [0.15, 0.2) is 0 Å². The van der Waals surface area contributed by atoms with Crippen LogP contribution in [0.2, 0.25) is 0 Å². The third-order valence-electron chi connectivity index (χ3n) is 3.72. The number of anilines is 1. The highest BCUT2D eigenvalue weighted by molar-refractivity contribution is 7.99. The molecule has 1 heterocycles. The zero-order chi connectivity index (χ0) is 14.5. The second kappa shape index (κ2) is 8.66. The molecule has 1 atom stereocenters. The fourth-order valence-electron chi connectivity index (χ4n) is 2.34. The van der Waals surface area contributed by atoms with Gasteiger partial charge in [0.25, 0.3) is 0 Å². The van der Waals surface area contributed by atoms with Crippen molar-refractivity contribution in [3.05, 3.63) is 29.8 Å². The summed E-state index contributed by atoms with van der Waals surface area (Å²) < 4.78 is 0. The van der Waals surface area contributed by atoms with E-state index in [1.165, 1.54) is 5.56 Å². The van der Waals surface area contributed by atoms with Crippen LogP contribution in [0.5, 0.6) is 0 Å². The van der Waals surface area contributed by atoms with E-state index in [-0.39, 0.29) is 18.3 Å². The first-order valence-corrected chi connectivity index (χ1v) is 8.41. The molecule has 1 amide bonds. The van der Waals surface area contributed by atoms with E-state index in [4.69, 9.17) is 0 Å². The number of thioether (sulfide) groups is 1. The van der Waals surface area contributed by atoms with Crippen molar-refractivity contribution in [1.82, 2.24) is 5.32 Å². The highest BCUT2D eigenvalue weighted by Gasteiger charge is 2.20. The molecule has 1 aromatic rings. The Hall–Kier alpha value is -0.710. The molecule has 2 rings (SSSR count). The highest BCUT2D eigenvalue weighted by Crippen LogP contribution is 2.22. The van der Waals surface area contributed by atoms with Gasteiger partial charge in [-0.1, -0.05) is 26.0 Å². The van der Waals surface area contributed by atoms with Gasteiger partial charge in [0.05, 0.1) is 0 Å². The van der Waals surface area contributed by atoms with Gasteiger partial charge in [0.1, 0.15) is 0 Å². The van der Waals surface area contributed by atoms with Gasteiger partial charge in [0, 0.05) is 43.2 Å². The Morgan fingerprint density at radius 2 is 2.24 bits per heavy atom. The molecule has 0 aromatic heterocycles. The molecule has 0 spiro atoms. The molecule has 118 valence electrons. The Morgan fingerprint density at radius 3 is 2.86 bits per heavy atom. The van der Waals surface area contributed by atoms with Crippen LogP contribution >= 0.6 is 24.2 Å². The number of amides is 1. The van der Waals surface area contributed by atoms with Crippen molar-refractivity contribution in [1.29, 1.82) is 0 Å². The van der Waals surface area contributed by atoms with Gasteiger partial charge in [-0.05, 0) is 23.6 Å². The molecular formula is C16H25ClN2OS. The summed E-state index contributed by atoms with van der Waals surface area (Å²) in [4.78, 5) is 14.2. The Balaban J connectivity index is 0.00000220. The molecule has 1 unspecified atom stereocenters. The van der Waals surface area contributed by atoms with Gasteiger partial charge in [-0.2, -0.15) is 11.8 Å². The highest BCUT2D eigenvalue weighted by atomic mass is 35.5. The Bertz CT molecular complexity index is 461. The smallest absolute Gasteiger partial charge is 0.228 e. The maximum atomic E-state index is 12.4. The third kappa shape index (κ3) is 5.20. The van der Waals surface area contributed by atoms with Crippen molar-refractivity contribution in [3.63, 3.8) is 0 Å². The lowest BCUT2D eigenvalue weighted by molar-refractivity contribution is -0.118. The Kier molecular flexibility index (Phi) is 7.57. The van der Waals surface area contributed by atoms with Crippen molar-refractivity contribution in [2.45, 2.75) is 32.2 Å². The summed E-state index contributed by atoms with van der Waals surface area (Å²) in [6, 6.07) is 8.59. The molecule has 3 nitrogen and oxygen atoms in total. The van der Waals surface area contributed by atoms with Crippen molar-refractivity contribution in [2.24, 2.45) is 0 Å². The number of benzene rings is 1. The second-order valence-corrected chi connectivity index (χ2v) is 6.78. The van der Waals surface area contributed by atoms with Gasteiger partial charge in [-0.25, -0.2) is 0 Å². The first-order chi connectivity index (χ1) is 9.58. The van der Waals surface area contributed by atoms with Crippen LogP contribution in [0.1, 0.15) is 31.7 Å². The van der Waals surface area contributed by atoms with E-state index in [0.717, 1.165) is 23.7 Å². The Labute approximate surface area is 138 Å². The molecule has 0 radical (unpaired) electrons. The van der Waals surface area contributed by atoms with Crippen molar-refractivity contribution in [3.8, 4) is 0 Å². The normalized spacial score (nSPS) is 18.2. The summed E-state index contributed by atoms with van der Waals surface area (Å²) in [5, 5.41) is 3.42. The molecule has 1 fully saturated rings. The zero-order valence-corrected chi connectivity index (χ0v) is 14.6. The standard InChI is InChI=1S/C16H24N2OS.ClH/c1-12(2)13-5-4-6-15(9-13)18(3)16(19)10-14-11-20-8-7-17-14;/h4-6,9,12,14,17H,7-8,10-11H2,1-3H3;1H. The number of carbonyl (C=O) groups excluding carboxylic acids is 1. The van der Waals surface area contributed by atoms with Crippen LogP contribution in [0, 0.1) is 0 Å². The molecule has 1 N–H and O–H groups in total. The van der Waals surface area contributed by atoms with E-state index in [2.05, 4.69) is 31.3 Å². The van der Waals surface area contributed by atoms with E-state index < -0.39 is 0 Å². The second-order valence-electron chi connectivity index (χ2n) is 5.63. The van der Waals surface area contributed by atoms with Gasteiger partial charge < -0.3 is 10.2 Å². The number of halogens is 1. The molecule has 21 heavy (non-hydrogen) atoms. The number of hydrogen-bond acceptors (Lipinski definition) is 3. The van der Waals surface area contributed by atoms with E-state index in [9.17, 15) is 4.79 Å². The SMILES string of the molecule is CC(C)c1cccc(N(C)C(=O)CC2CSCCN2)c1.Cl. The van der Waals surface area contributed by atoms with Crippen LogP contribution < -0.4 is 10.2 Å². The lowest BCUT2D eigenvalue weighted by atomic mass is 10.0. The third-order valence-corrected chi connectivity index (χ3v) is 4.85. The predicted octanol–water partition coefficient (Wildman–Crippen LogP) is 3.29. The summed E-state index contributed by atoms with van der Waals surface area (Å²) in [7, 11) is 1.87. The quantitative estimate of drug-likeness (QED) is 0.920. The van der Waals surface area contributed by atoms with Crippen LogP contribution in [0.4, 0.5) is 5.69 Å². The number of nitrogens with zero attached hydrogens (tertiary/aromatic N) is 1. The zero-order valence-electron chi connectivity index (χ0n) is 13.0. The summed E-state index contributed by atoms with van der Waals surface area (Å²) in [5.41, 5.74) is 2.26. The fourth-order valence-corrected chi connectivity index (χ4v) is 3.28. The van der Waals surface area contributed by atoms with E-state index >= 15 is 0 Å². The molecule has 0 saturated carbocycles. The minimum Gasteiger partial charge on any atom is -0.315 e. The van der Waals surface area contributed by atoms with Crippen molar-refractivity contribution in [2.75, 3.05) is 30.0 Å². The maximum Gasteiger partial charge on any atom is 0.228 e. The van der Waals surface area contributed by atoms with Crippen LogP contribution in [0.25, 0.3) is 0 Å². The molecule has 1 aromatic carbocycles. The molecule has 0 aliphatic carbocycles. The first-order valence-electron chi connectivity index (χ1n) is 7.25. The van der Waals surface area contributed by atoms with Crippen molar-refractivity contribution >= 4 is 35.8 Å². The fraction of sp³-hybridized carbons (Fsp3) is 0.562. The average molecular weight is 329 g/mol. The van der Waals surface area contributed by atoms with Crippen LogP contribution in [0.15, 0.2) is 24.3 Å². The number of carbonyl (C=O) groups is 1. The number of nitrogens with one attached hydrogen (secondary N) is 1. The predicted molar refractivity (Wildman–Crippen MR) is 94.9 cm³/mol. The summed E-state index contributed by atoms with van der Waals surface area (Å²) in [6.07, 6.45) is 0.579. The minimum absolute atomic E-state index is 0. The molecule has 0 bridgehead atoms. The van der Waals surface area contributed by atoms with Gasteiger partial charge in [0.2, 0.25) is 5.91 Å². The van der Waals surface area contributed by atoms with Gasteiger partial charge in [-0.3, -0.25) is 4.79 Å². The first kappa shape index (κ1) is 18.3. The average Bonchev–Trinajstić information content (AvgIpc) is 2.47. The van der Waals surface area contributed by atoms with E-state index in [1.807, 2.05) is 30.9 Å². The number of rotatable bonds is 4. The van der Waals surface area contributed by atoms with Gasteiger partial charge >= 0.3 is 0 Å². The minimum atomic E-state index is 0. The molecular weight excluding hydrogens is 304 g/mol. The molecule has 5 heteroatoms. The van der Waals surface area contributed by atoms with Crippen LogP contribution in [0.3, 0.4) is 0 Å². The maximum absolute atomic E-state index is 12.4. The van der Waals surface area contributed by atoms with E-state index in [1.54, 1.807) is 4.90 Å². The van der Waals surface area contributed by atoms with Crippen molar-refractivity contribution < 1.29 is 4.79 Å². The largest absolute Gasteiger partial charge is 0.315 e. The van der Waals surface area contributed by atoms with E-state index in [0.29, 0.717) is 18.4 Å². The number of hydrogen-bond donors (Lipinski definition) is 1. The molecule has 1 aliphatic rings. The lowest BCUT2D eigenvalue weighted by Gasteiger charge is -2.25. The topological polar surface area (TPSA) is 32.3 Å². The summed E-state index contributed by atoms with van der Waals surface area (Å²) in [5.74, 6) is 2.85. The van der Waals surface area contributed by atoms with Crippen LogP contribution in [-0.2, 0) is 4.79 Å². The van der Waals surface area contributed by atoms with Crippen LogP contribution in [-0.4, -0.2) is 37.0 Å². The Morgan fingerprint density at radius 1 is 1.48 bits per heavy atom. The summed E-state index contributed by atoms with van der Waals surface area (Å²) >= 11 is 1.93. The van der Waals surface area contributed by atoms with Gasteiger partial charge in [-0.15, -0.1) is 12.4 Å². The summed E-state index contributed by atoms with van der Waals surface area (Å²) in [6.45, 7) is 5.35. The monoisotopic (exact) mass is 328 g/mol.